The van der Waals surface area contributed by atoms with Crippen LogP contribution in [0.4, 0.5) is 37.5 Å². The number of hydrogen-bond acceptors (Lipinski definition) is 17. The molecule has 18 nitrogen and oxygen atoms in total. The van der Waals surface area contributed by atoms with Gasteiger partial charge >= 0.3 is 22.6 Å². The molecule has 0 saturated heterocycles. The van der Waals surface area contributed by atoms with Crippen LogP contribution in [-0.4, -0.2) is 65.0 Å². The average Bonchev–Trinajstić information content (AvgIpc) is 3.06. The van der Waals surface area contributed by atoms with E-state index in [4.69, 9.17) is 9.81 Å². The molecule has 0 atom stereocenters. The normalized spacial score (nSPS) is 12.0. The number of hydrogen-bond donors (Lipinski definition) is 5. The maximum absolute atomic E-state index is 13.4. The number of azo groups is 1. The summed E-state index contributed by atoms with van der Waals surface area (Å²) in [6.07, 6.45) is -2.66. The average molecular weight is 766 g/mol. The Balaban J connectivity index is 1.29. The topological polar surface area (TPSA) is 261 Å². The molecule has 5 aromatic rings. The van der Waals surface area contributed by atoms with E-state index in [1.54, 1.807) is 0 Å². The second-order valence-electron chi connectivity index (χ2n) is 9.85. The van der Waals surface area contributed by atoms with Gasteiger partial charge in [-0.25, -0.2) is 17.9 Å². The zero-order chi connectivity index (χ0) is 36.8. The molecule has 4 aromatic carbocycles. The molecule has 0 aliphatic heterocycles. The number of nitrogens with one attached hydrogen (secondary N) is 2. The third-order valence-corrected chi connectivity index (χ3v) is 9.27. The van der Waals surface area contributed by atoms with Gasteiger partial charge in [0.15, 0.2) is 15.6 Å². The van der Waals surface area contributed by atoms with Crippen LogP contribution in [-0.2, 0) is 33.8 Å². The highest BCUT2D eigenvalue weighted by Gasteiger charge is 2.18. The number of anilines is 3. The first-order chi connectivity index (χ1) is 24.2. The van der Waals surface area contributed by atoms with Gasteiger partial charge in [0.25, 0.3) is 5.91 Å². The Morgan fingerprint density at radius 3 is 2.20 bits per heavy atom. The highest BCUT2D eigenvalue weighted by molar-refractivity contribution is 7.94. The van der Waals surface area contributed by atoms with E-state index in [9.17, 15) is 35.5 Å². The largest absolute Gasteiger partial charge is 0.505 e. The lowest BCUT2D eigenvalue weighted by Gasteiger charge is -2.11. The van der Waals surface area contributed by atoms with Gasteiger partial charge in [-0.1, -0.05) is 5.04 Å². The summed E-state index contributed by atoms with van der Waals surface area (Å²) < 4.78 is 89.9. The van der Waals surface area contributed by atoms with E-state index < -0.39 is 56.6 Å². The maximum Gasteiger partial charge on any atom is 0.397 e. The van der Waals surface area contributed by atoms with Crippen molar-refractivity contribution in [1.29, 1.82) is 0 Å². The fraction of sp³-hybridized carbons (Fsp3) is 0.0714. The molecule has 0 saturated carbocycles. The standard InChI is InChI=1S/C28H21F2N7O11S3/c29-26-33-27(30)35-28(34-26)32-19-7-10-21-16(13-19)14-22(49-48-47-40)23(24(21)38)37-36-18-3-1-15(2-4-18)25(39)31-17-5-8-20(9-6-17)50(41,42)12-11-46-51(43,44)45/h1-10,13-14,38,40H,11-12H2,(H,31,39)(H,43,44,45)(H,32,33,34,35). The zero-order valence-corrected chi connectivity index (χ0v) is 27.6. The lowest BCUT2D eigenvalue weighted by Crippen LogP contribution is -2.15. The second-order valence-corrected chi connectivity index (χ2v) is 13.8. The maximum atomic E-state index is 13.4. The van der Waals surface area contributed by atoms with Gasteiger partial charge in [0.1, 0.15) is 5.69 Å². The van der Waals surface area contributed by atoms with Crippen molar-refractivity contribution in [3.8, 4) is 5.75 Å². The molecule has 0 radical (unpaired) electrons. The van der Waals surface area contributed by atoms with Crippen LogP contribution in [0, 0.1) is 12.2 Å². The van der Waals surface area contributed by atoms with Crippen molar-refractivity contribution < 1.29 is 58.9 Å². The van der Waals surface area contributed by atoms with Gasteiger partial charge in [-0.15, -0.1) is 9.45 Å². The van der Waals surface area contributed by atoms with Crippen LogP contribution in [0.5, 0.6) is 5.75 Å². The molecule has 0 unspecified atom stereocenters. The number of sulfone groups is 1. The van der Waals surface area contributed by atoms with Crippen molar-refractivity contribution >= 4 is 77.7 Å². The zero-order valence-electron chi connectivity index (χ0n) is 25.2. The molecule has 0 aliphatic rings. The number of halogens is 2. The first-order valence-electron chi connectivity index (χ1n) is 13.8. The highest BCUT2D eigenvalue weighted by atomic mass is 32.3. The number of carbonyl (C=O) groups excluding carboxylic acids is 1. The van der Waals surface area contributed by atoms with Crippen molar-refractivity contribution in [2.45, 2.75) is 9.79 Å². The van der Waals surface area contributed by atoms with Gasteiger partial charge in [0.2, 0.25) is 5.95 Å². The van der Waals surface area contributed by atoms with Crippen LogP contribution in [0.15, 0.2) is 92.8 Å². The van der Waals surface area contributed by atoms with Crippen LogP contribution in [0.3, 0.4) is 0 Å². The number of benzene rings is 4. The predicted molar refractivity (Wildman–Crippen MR) is 174 cm³/mol. The minimum atomic E-state index is -4.79. The third-order valence-electron chi connectivity index (χ3n) is 6.49. The molecule has 51 heavy (non-hydrogen) atoms. The molecule has 0 bridgehead atoms. The summed E-state index contributed by atoms with van der Waals surface area (Å²) in [6.45, 7) is -0.787. The number of amides is 1. The second kappa shape index (κ2) is 15.7. The van der Waals surface area contributed by atoms with Crippen molar-refractivity contribution in [1.82, 2.24) is 15.0 Å². The quantitative estimate of drug-likeness (QED) is 0.0310. The number of phenols is 1. The van der Waals surface area contributed by atoms with Crippen LogP contribution < -0.4 is 10.6 Å². The first-order valence-corrected chi connectivity index (χ1v) is 17.5. The number of carbonyl (C=O) groups is 1. The number of nitrogens with zero attached hydrogens (tertiary/aromatic N) is 5. The Morgan fingerprint density at radius 2 is 1.55 bits per heavy atom. The van der Waals surface area contributed by atoms with Gasteiger partial charge in [-0.2, -0.15) is 37.3 Å². The summed E-state index contributed by atoms with van der Waals surface area (Å²) in [7, 11) is -8.74. The number of rotatable bonds is 14. The van der Waals surface area contributed by atoms with Crippen LogP contribution >= 0.6 is 12.0 Å². The van der Waals surface area contributed by atoms with E-state index in [0.717, 1.165) is 0 Å². The van der Waals surface area contributed by atoms with Crippen molar-refractivity contribution in [3.05, 3.63) is 90.5 Å². The SMILES string of the molecule is O=C(Nc1ccc(S(=O)(=O)CCOS(=O)(=O)O)cc1)c1ccc(N=Nc2c(SOOO)cc3cc(Nc4nc(F)nc(F)n4)ccc3c2O)cc1. The van der Waals surface area contributed by atoms with E-state index in [-0.39, 0.29) is 49.2 Å². The predicted octanol–water partition coefficient (Wildman–Crippen LogP) is 5.44. The van der Waals surface area contributed by atoms with Gasteiger partial charge in [-0.3, -0.25) is 9.35 Å². The Labute approximate surface area is 290 Å². The van der Waals surface area contributed by atoms with Crippen molar-refractivity contribution in [2.24, 2.45) is 10.2 Å². The first kappa shape index (κ1) is 37.0. The summed E-state index contributed by atoms with van der Waals surface area (Å²) >= 11 is 0.477. The minimum absolute atomic E-state index is 0.0925. The van der Waals surface area contributed by atoms with Crippen LogP contribution in [0.2, 0.25) is 0 Å². The van der Waals surface area contributed by atoms with Gasteiger partial charge in [0.05, 0.1) is 39.9 Å². The fourth-order valence-corrected chi connectivity index (χ4v) is 6.24. The van der Waals surface area contributed by atoms with Crippen LogP contribution in [0.1, 0.15) is 10.4 Å². The molecule has 5 rings (SSSR count). The summed E-state index contributed by atoms with van der Waals surface area (Å²) in [4.78, 5) is 22.3. The third kappa shape index (κ3) is 9.92. The fourth-order valence-electron chi connectivity index (χ4n) is 4.26. The monoisotopic (exact) mass is 765 g/mol. The Bertz CT molecular complexity index is 2320. The molecular weight excluding hydrogens is 745 g/mol. The molecular formula is C28H21F2N7O11S3. The number of aromatic nitrogens is 3. The highest BCUT2D eigenvalue weighted by Crippen LogP contribution is 2.44. The number of fused-ring (bicyclic) bond motifs is 1. The Morgan fingerprint density at radius 1 is 0.882 bits per heavy atom. The summed E-state index contributed by atoms with van der Waals surface area (Å²) in [5.41, 5.74) is 0.889. The lowest BCUT2D eigenvalue weighted by molar-refractivity contribution is -0.432. The van der Waals surface area contributed by atoms with Gasteiger partial charge in [0, 0.05) is 22.3 Å². The molecule has 0 fully saturated rings. The van der Waals surface area contributed by atoms with Gasteiger partial charge < -0.3 is 15.7 Å². The van der Waals surface area contributed by atoms with E-state index >= 15 is 0 Å². The van der Waals surface area contributed by atoms with Crippen molar-refractivity contribution in [2.75, 3.05) is 23.0 Å². The van der Waals surface area contributed by atoms with Gasteiger partial charge in [-0.05, 0) is 78.2 Å². The van der Waals surface area contributed by atoms with E-state index in [1.807, 2.05) is 0 Å². The summed E-state index contributed by atoms with van der Waals surface area (Å²) in [5, 5.41) is 37.5. The molecule has 1 aromatic heterocycles. The molecule has 0 aliphatic carbocycles. The number of phenolic OH excluding ortho intramolecular Hbond substituents is 1. The molecule has 1 heterocycles. The molecule has 23 heteroatoms. The van der Waals surface area contributed by atoms with E-state index in [1.165, 1.54) is 72.8 Å². The van der Waals surface area contributed by atoms with E-state index in [0.29, 0.717) is 17.4 Å². The smallest absolute Gasteiger partial charge is 0.397 e. The number of aromatic hydroxyl groups is 1. The Hall–Kier alpha value is -5.27. The summed E-state index contributed by atoms with van der Waals surface area (Å²) in [6, 6.07) is 16.7. The van der Waals surface area contributed by atoms with Crippen molar-refractivity contribution in [3.63, 3.8) is 0 Å². The summed E-state index contributed by atoms with van der Waals surface area (Å²) in [5.74, 6) is -2.03. The molecule has 1 amide bonds. The lowest BCUT2D eigenvalue weighted by atomic mass is 10.1. The molecule has 0 spiro atoms. The molecule has 5 N–H and O–H groups in total. The molecule has 266 valence electrons. The van der Waals surface area contributed by atoms with E-state index in [2.05, 4.69) is 49.4 Å². The Kier molecular flexibility index (Phi) is 11.4. The van der Waals surface area contributed by atoms with Crippen LogP contribution in [0.25, 0.3) is 10.8 Å². The minimum Gasteiger partial charge on any atom is -0.505 e.